The lowest BCUT2D eigenvalue weighted by molar-refractivity contribution is 0.0636. The SMILES string of the molecule is CSc1nc(-c2cnc(NC(=O)OC(C)(C)C)s2)c2cc(Cl)c(-c3cc(C)cc4cccc(Cl)c34)c(F)c2n1. The van der Waals surface area contributed by atoms with Crippen molar-refractivity contribution in [2.24, 2.45) is 0 Å². The number of fused-ring (bicyclic) bond motifs is 2. The molecule has 0 spiro atoms. The minimum Gasteiger partial charge on any atom is -0.444 e. The number of carbonyl (C=O) groups is 1. The third-order valence-corrected chi connectivity index (χ3v) is 7.81. The maximum absolute atomic E-state index is 16.4. The highest BCUT2D eigenvalue weighted by Gasteiger charge is 2.24. The van der Waals surface area contributed by atoms with E-state index in [1.54, 1.807) is 39.1 Å². The van der Waals surface area contributed by atoms with Crippen molar-refractivity contribution in [1.29, 1.82) is 0 Å². The predicted molar refractivity (Wildman–Crippen MR) is 160 cm³/mol. The van der Waals surface area contributed by atoms with E-state index in [9.17, 15) is 4.79 Å². The maximum atomic E-state index is 16.4. The molecular weight excluding hydrogens is 578 g/mol. The van der Waals surface area contributed by atoms with Gasteiger partial charge in [0.05, 0.1) is 15.6 Å². The standard InChI is InChI=1S/C28H23Cl2FN4O2S2/c1-13-9-14-7-6-8-17(29)20(14)15(10-13)21-18(30)11-16-23(33-26(38-5)34-24(16)22(21)31)19-12-32-25(39-19)35-27(36)37-28(2,3)4/h6-12H,1-5H3,(H,32,35,36). The topological polar surface area (TPSA) is 77.0 Å². The molecule has 1 amide bonds. The van der Waals surface area contributed by atoms with Crippen LogP contribution in [0.2, 0.25) is 10.0 Å². The van der Waals surface area contributed by atoms with Gasteiger partial charge in [-0.15, -0.1) is 0 Å². The summed E-state index contributed by atoms with van der Waals surface area (Å²) in [5.74, 6) is -0.570. The van der Waals surface area contributed by atoms with E-state index in [4.69, 9.17) is 27.9 Å². The Hall–Kier alpha value is -2.98. The van der Waals surface area contributed by atoms with E-state index in [1.807, 2.05) is 37.4 Å². The molecule has 200 valence electrons. The Morgan fingerprint density at radius 1 is 1.13 bits per heavy atom. The van der Waals surface area contributed by atoms with Crippen LogP contribution in [0.4, 0.5) is 14.3 Å². The highest BCUT2D eigenvalue weighted by Crippen LogP contribution is 2.44. The fourth-order valence-corrected chi connectivity index (χ4v) is 6.01. The van der Waals surface area contributed by atoms with E-state index < -0.39 is 17.5 Å². The highest BCUT2D eigenvalue weighted by atomic mass is 35.5. The van der Waals surface area contributed by atoms with Crippen LogP contribution in [0.5, 0.6) is 0 Å². The Morgan fingerprint density at radius 3 is 2.62 bits per heavy atom. The van der Waals surface area contributed by atoms with Crippen LogP contribution in [-0.4, -0.2) is 32.9 Å². The van der Waals surface area contributed by atoms with Gasteiger partial charge >= 0.3 is 6.09 Å². The van der Waals surface area contributed by atoms with E-state index in [0.29, 0.717) is 42.2 Å². The van der Waals surface area contributed by atoms with E-state index in [0.717, 1.165) is 10.9 Å². The largest absolute Gasteiger partial charge is 0.444 e. The minimum absolute atomic E-state index is 0.125. The molecule has 0 fully saturated rings. The minimum atomic E-state index is -0.654. The number of nitrogens with zero attached hydrogens (tertiary/aromatic N) is 3. The number of halogens is 3. The second-order valence-corrected chi connectivity index (χ2v) is 12.4. The number of rotatable bonds is 4. The van der Waals surface area contributed by atoms with Crippen LogP contribution < -0.4 is 5.32 Å². The first-order chi connectivity index (χ1) is 18.4. The first-order valence-electron chi connectivity index (χ1n) is 11.8. The molecule has 0 atom stereocenters. The second-order valence-electron chi connectivity index (χ2n) is 9.81. The average molecular weight is 602 g/mol. The molecule has 0 saturated carbocycles. The smallest absolute Gasteiger partial charge is 0.413 e. The van der Waals surface area contributed by atoms with Crippen molar-refractivity contribution in [3.8, 4) is 21.7 Å². The Balaban J connectivity index is 1.68. The average Bonchev–Trinajstić information content (AvgIpc) is 3.30. The van der Waals surface area contributed by atoms with Gasteiger partial charge in [-0.05, 0) is 62.6 Å². The lowest BCUT2D eigenvalue weighted by Crippen LogP contribution is -2.27. The summed E-state index contributed by atoms with van der Waals surface area (Å²) in [7, 11) is 0. The summed E-state index contributed by atoms with van der Waals surface area (Å²) < 4.78 is 21.7. The summed E-state index contributed by atoms with van der Waals surface area (Å²) in [6.07, 6.45) is 2.76. The molecule has 5 rings (SSSR count). The number of thiazole rings is 1. The first-order valence-corrected chi connectivity index (χ1v) is 14.6. The van der Waals surface area contributed by atoms with Gasteiger partial charge in [-0.2, -0.15) is 0 Å². The molecule has 11 heteroatoms. The summed E-state index contributed by atoms with van der Waals surface area (Å²) in [4.78, 5) is 26.3. The zero-order valence-electron chi connectivity index (χ0n) is 21.6. The third kappa shape index (κ3) is 5.54. The molecule has 0 aliphatic carbocycles. The summed E-state index contributed by atoms with van der Waals surface area (Å²) in [5, 5.41) is 6.06. The Labute approximate surface area is 242 Å². The fourth-order valence-electron chi connectivity index (χ4n) is 4.26. The Kier molecular flexibility index (Phi) is 7.45. The van der Waals surface area contributed by atoms with E-state index in [2.05, 4.69) is 20.3 Å². The van der Waals surface area contributed by atoms with Crippen LogP contribution in [0.25, 0.3) is 43.4 Å². The van der Waals surface area contributed by atoms with Gasteiger partial charge in [-0.3, -0.25) is 5.32 Å². The van der Waals surface area contributed by atoms with Crippen molar-refractivity contribution in [1.82, 2.24) is 15.0 Å². The Bertz CT molecular complexity index is 1770. The number of thioether (sulfide) groups is 1. The van der Waals surface area contributed by atoms with Gasteiger partial charge in [0.15, 0.2) is 16.1 Å². The molecule has 0 unspecified atom stereocenters. The molecule has 0 aliphatic rings. The highest BCUT2D eigenvalue weighted by molar-refractivity contribution is 7.98. The fraction of sp³-hybridized carbons (Fsp3) is 0.214. The molecule has 2 aromatic heterocycles. The number of aryl methyl sites for hydroxylation is 1. The van der Waals surface area contributed by atoms with Gasteiger partial charge in [0, 0.05) is 27.6 Å². The molecule has 2 heterocycles. The van der Waals surface area contributed by atoms with E-state index in [1.165, 1.54) is 23.1 Å². The Morgan fingerprint density at radius 2 is 1.90 bits per heavy atom. The molecule has 0 radical (unpaired) electrons. The van der Waals surface area contributed by atoms with Crippen LogP contribution in [0.15, 0.2) is 47.8 Å². The normalized spacial score (nSPS) is 11.8. The number of amides is 1. The van der Waals surface area contributed by atoms with Crippen molar-refractivity contribution in [2.45, 2.75) is 38.5 Å². The number of aromatic nitrogens is 3. The van der Waals surface area contributed by atoms with Crippen LogP contribution in [-0.2, 0) is 4.74 Å². The van der Waals surface area contributed by atoms with Gasteiger partial charge in [-0.1, -0.05) is 70.6 Å². The van der Waals surface area contributed by atoms with Crippen molar-refractivity contribution in [2.75, 3.05) is 11.6 Å². The molecule has 3 aromatic carbocycles. The number of anilines is 1. The molecule has 6 nitrogen and oxygen atoms in total. The molecule has 0 aliphatic heterocycles. The van der Waals surface area contributed by atoms with Gasteiger partial charge in [0.2, 0.25) is 0 Å². The van der Waals surface area contributed by atoms with Gasteiger partial charge in [-0.25, -0.2) is 24.1 Å². The van der Waals surface area contributed by atoms with Crippen molar-refractivity contribution in [3.63, 3.8) is 0 Å². The van der Waals surface area contributed by atoms with Crippen LogP contribution in [0.1, 0.15) is 26.3 Å². The molecule has 1 N–H and O–H groups in total. The monoisotopic (exact) mass is 600 g/mol. The van der Waals surface area contributed by atoms with Crippen molar-refractivity contribution in [3.05, 3.63) is 64.0 Å². The van der Waals surface area contributed by atoms with Crippen LogP contribution in [0.3, 0.4) is 0 Å². The number of benzene rings is 3. The maximum Gasteiger partial charge on any atom is 0.413 e. The number of carbonyl (C=O) groups excluding carboxylic acids is 1. The number of hydrogen-bond acceptors (Lipinski definition) is 7. The molecule has 0 saturated heterocycles. The molecule has 0 bridgehead atoms. The van der Waals surface area contributed by atoms with Crippen LogP contribution >= 0.6 is 46.3 Å². The molecular formula is C28H23Cl2FN4O2S2. The second kappa shape index (κ2) is 10.5. The molecule has 5 aromatic rings. The third-order valence-electron chi connectivity index (χ3n) is 5.73. The zero-order valence-corrected chi connectivity index (χ0v) is 24.8. The zero-order chi connectivity index (χ0) is 28.1. The van der Waals surface area contributed by atoms with Gasteiger partial charge in [0.1, 0.15) is 11.1 Å². The summed E-state index contributed by atoms with van der Waals surface area (Å²) in [6, 6.07) is 11.1. The summed E-state index contributed by atoms with van der Waals surface area (Å²) >= 11 is 15.8. The summed E-state index contributed by atoms with van der Waals surface area (Å²) in [6.45, 7) is 7.26. The van der Waals surface area contributed by atoms with Crippen molar-refractivity contribution >= 4 is 79.2 Å². The van der Waals surface area contributed by atoms with E-state index in [-0.39, 0.29) is 16.1 Å². The summed E-state index contributed by atoms with van der Waals surface area (Å²) in [5.41, 5.74) is 1.68. The van der Waals surface area contributed by atoms with E-state index >= 15 is 4.39 Å². The molecule has 39 heavy (non-hydrogen) atoms. The predicted octanol–water partition coefficient (Wildman–Crippen LogP) is 9.40. The number of nitrogens with one attached hydrogen (secondary N) is 1. The number of hydrogen-bond donors (Lipinski definition) is 1. The number of ether oxygens (including phenoxy) is 1. The van der Waals surface area contributed by atoms with Crippen LogP contribution in [0, 0.1) is 12.7 Å². The van der Waals surface area contributed by atoms with Crippen molar-refractivity contribution < 1.29 is 13.9 Å². The van der Waals surface area contributed by atoms with Gasteiger partial charge < -0.3 is 4.74 Å². The first kappa shape index (κ1) is 27.6. The quantitative estimate of drug-likeness (QED) is 0.163. The lowest BCUT2D eigenvalue weighted by Gasteiger charge is -2.18. The lowest BCUT2D eigenvalue weighted by atomic mass is 9.94. The van der Waals surface area contributed by atoms with Gasteiger partial charge in [0.25, 0.3) is 0 Å².